The summed E-state index contributed by atoms with van der Waals surface area (Å²) in [6, 6.07) is 10.7. The molecule has 0 N–H and O–H groups in total. The van der Waals surface area contributed by atoms with E-state index in [0.717, 1.165) is 16.5 Å². The van der Waals surface area contributed by atoms with Crippen molar-refractivity contribution < 1.29 is 28.5 Å². The van der Waals surface area contributed by atoms with Gasteiger partial charge in [-0.25, -0.2) is 0 Å². The van der Waals surface area contributed by atoms with E-state index < -0.39 is 11.9 Å². The van der Waals surface area contributed by atoms with Gasteiger partial charge in [-0.1, -0.05) is 6.07 Å². The quantitative estimate of drug-likeness (QED) is 0.415. The number of ether oxygens (including phenoxy) is 4. The van der Waals surface area contributed by atoms with Crippen LogP contribution >= 0.6 is 0 Å². The number of hydrogen-bond donors (Lipinski definition) is 0. The van der Waals surface area contributed by atoms with Crippen molar-refractivity contribution in [3.05, 3.63) is 59.3 Å². The molecule has 30 heavy (non-hydrogen) atoms. The fourth-order valence-electron chi connectivity index (χ4n) is 3.47. The fraction of sp³-hybridized carbons (Fsp3) is 0.261. The first-order valence-electron chi connectivity index (χ1n) is 9.26. The predicted molar refractivity (Wildman–Crippen MR) is 112 cm³/mol. The van der Waals surface area contributed by atoms with Crippen LogP contribution in [0.15, 0.2) is 42.6 Å². The lowest BCUT2D eigenvalue weighted by molar-refractivity contribution is -0.142. The number of methoxy groups -OCH3 is 4. The average Bonchev–Trinajstić information content (AvgIpc) is 2.80. The highest BCUT2D eigenvalue weighted by atomic mass is 16.5. The second kappa shape index (κ2) is 9.26. The summed E-state index contributed by atoms with van der Waals surface area (Å²) in [5, 5.41) is 0.837. The minimum absolute atomic E-state index is 0.282. The van der Waals surface area contributed by atoms with Gasteiger partial charge in [0, 0.05) is 17.1 Å². The molecule has 7 nitrogen and oxygen atoms in total. The molecule has 7 heteroatoms. The van der Waals surface area contributed by atoms with Gasteiger partial charge >= 0.3 is 5.97 Å². The SMILES string of the molecule is COC(=O)C(Cc1cnc2cccc(OC)c2c1)c1cc(OC)c(OC)cc1C=O. The predicted octanol–water partition coefficient (Wildman–Crippen LogP) is 3.57. The Morgan fingerprint density at radius 2 is 1.70 bits per heavy atom. The molecule has 0 saturated carbocycles. The maximum Gasteiger partial charge on any atom is 0.313 e. The summed E-state index contributed by atoms with van der Waals surface area (Å²) < 4.78 is 21.1. The first kappa shape index (κ1) is 21.1. The molecule has 156 valence electrons. The average molecular weight is 409 g/mol. The summed E-state index contributed by atoms with van der Waals surface area (Å²) in [7, 11) is 5.89. The second-order valence-corrected chi connectivity index (χ2v) is 6.60. The van der Waals surface area contributed by atoms with Crippen molar-refractivity contribution in [1.29, 1.82) is 0 Å². The van der Waals surface area contributed by atoms with E-state index in [4.69, 9.17) is 18.9 Å². The molecule has 1 atom stereocenters. The van der Waals surface area contributed by atoms with Gasteiger partial charge in [0.05, 0.1) is 39.9 Å². The summed E-state index contributed by atoms with van der Waals surface area (Å²) in [5.41, 5.74) is 2.41. The summed E-state index contributed by atoms with van der Waals surface area (Å²) in [6.07, 6.45) is 2.68. The third-order valence-electron chi connectivity index (χ3n) is 4.98. The number of esters is 1. The molecule has 2 aromatic carbocycles. The molecule has 0 radical (unpaired) electrons. The van der Waals surface area contributed by atoms with Gasteiger partial charge in [-0.3, -0.25) is 14.6 Å². The van der Waals surface area contributed by atoms with Crippen LogP contribution in [0.3, 0.4) is 0 Å². The number of aromatic nitrogens is 1. The van der Waals surface area contributed by atoms with E-state index in [2.05, 4.69) is 4.98 Å². The molecule has 1 heterocycles. The highest BCUT2D eigenvalue weighted by Gasteiger charge is 2.27. The Balaban J connectivity index is 2.09. The maximum atomic E-state index is 12.7. The third kappa shape index (κ3) is 4.05. The van der Waals surface area contributed by atoms with Crippen LogP contribution in [-0.4, -0.2) is 45.7 Å². The van der Waals surface area contributed by atoms with Crippen molar-refractivity contribution in [2.24, 2.45) is 0 Å². The molecule has 0 aliphatic rings. The van der Waals surface area contributed by atoms with Crippen molar-refractivity contribution in [2.45, 2.75) is 12.3 Å². The van der Waals surface area contributed by atoms with Gasteiger partial charge < -0.3 is 18.9 Å². The van der Waals surface area contributed by atoms with Gasteiger partial charge in [0.1, 0.15) is 12.0 Å². The molecule has 1 unspecified atom stereocenters. The Kier molecular flexibility index (Phi) is 6.51. The Morgan fingerprint density at radius 3 is 2.33 bits per heavy atom. The fourth-order valence-corrected chi connectivity index (χ4v) is 3.47. The Bertz CT molecular complexity index is 1080. The minimum atomic E-state index is -0.732. The van der Waals surface area contributed by atoms with Crippen LogP contribution in [0.4, 0.5) is 0 Å². The van der Waals surface area contributed by atoms with E-state index in [1.807, 2.05) is 24.3 Å². The number of hydrogen-bond acceptors (Lipinski definition) is 7. The number of fused-ring (bicyclic) bond motifs is 1. The molecule has 0 bridgehead atoms. The van der Waals surface area contributed by atoms with Crippen LogP contribution < -0.4 is 14.2 Å². The summed E-state index contributed by atoms with van der Waals surface area (Å²) >= 11 is 0. The van der Waals surface area contributed by atoms with Gasteiger partial charge in [-0.2, -0.15) is 0 Å². The Labute approximate surface area is 174 Å². The lowest BCUT2D eigenvalue weighted by Gasteiger charge is -2.19. The van der Waals surface area contributed by atoms with Gasteiger partial charge in [0.2, 0.25) is 0 Å². The van der Waals surface area contributed by atoms with Crippen molar-refractivity contribution in [3.8, 4) is 17.2 Å². The van der Waals surface area contributed by atoms with Crippen LogP contribution in [0.25, 0.3) is 10.9 Å². The minimum Gasteiger partial charge on any atom is -0.496 e. The summed E-state index contributed by atoms with van der Waals surface area (Å²) in [4.78, 5) is 28.9. The van der Waals surface area contributed by atoms with E-state index >= 15 is 0 Å². The van der Waals surface area contributed by atoms with E-state index in [9.17, 15) is 9.59 Å². The lowest BCUT2D eigenvalue weighted by atomic mass is 9.88. The van der Waals surface area contributed by atoms with E-state index in [1.54, 1.807) is 25.4 Å². The highest BCUT2D eigenvalue weighted by Crippen LogP contribution is 2.35. The van der Waals surface area contributed by atoms with Crippen LogP contribution in [0.1, 0.15) is 27.4 Å². The van der Waals surface area contributed by atoms with Crippen LogP contribution in [0.5, 0.6) is 17.2 Å². The highest BCUT2D eigenvalue weighted by molar-refractivity contribution is 5.88. The van der Waals surface area contributed by atoms with Crippen molar-refractivity contribution >= 4 is 23.2 Å². The normalized spacial score (nSPS) is 11.6. The molecule has 3 aromatic rings. The molecule has 0 amide bonds. The molecular weight excluding hydrogens is 386 g/mol. The number of nitrogens with zero attached hydrogens (tertiary/aromatic N) is 1. The number of rotatable bonds is 8. The molecule has 0 aliphatic carbocycles. The third-order valence-corrected chi connectivity index (χ3v) is 4.98. The van der Waals surface area contributed by atoms with Crippen molar-refractivity contribution in [1.82, 2.24) is 4.98 Å². The molecule has 0 aliphatic heterocycles. The zero-order valence-corrected chi connectivity index (χ0v) is 17.3. The molecule has 3 rings (SSSR count). The van der Waals surface area contributed by atoms with Gasteiger partial charge in [-0.05, 0) is 47.9 Å². The number of carbonyl (C=O) groups is 2. The molecular formula is C23H23NO6. The van der Waals surface area contributed by atoms with Gasteiger partial charge in [0.25, 0.3) is 0 Å². The zero-order chi connectivity index (χ0) is 21.7. The first-order chi connectivity index (χ1) is 14.6. The van der Waals surface area contributed by atoms with Crippen LogP contribution in [0, 0.1) is 0 Å². The first-order valence-corrected chi connectivity index (χ1v) is 9.26. The van der Waals surface area contributed by atoms with E-state index in [0.29, 0.717) is 34.7 Å². The molecule has 0 spiro atoms. The van der Waals surface area contributed by atoms with Crippen molar-refractivity contribution in [3.63, 3.8) is 0 Å². The van der Waals surface area contributed by atoms with Crippen LogP contribution in [0.2, 0.25) is 0 Å². The Hall–Kier alpha value is -3.61. The maximum absolute atomic E-state index is 12.7. The Morgan fingerprint density at radius 1 is 1.00 bits per heavy atom. The second-order valence-electron chi connectivity index (χ2n) is 6.60. The molecule has 0 fully saturated rings. The smallest absolute Gasteiger partial charge is 0.313 e. The van der Waals surface area contributed by atoms with Gasteiger partial charge in [-0.15, -0.1) is 0 Å². The van der Waals surface area contributed by atoms with E-state index in [1.165, 1.54) is 21.3 Å². The zero-order valence-electron chi connectivity index (χ0n) is 17.3. The summed E-state index contributed by atoms with van der Waals surface area (Å²) in [5.74, 6) is 0.319. The van der Waals surface area contributed by atoms with Gasteiger partial charge in [0.15, 0.2) is 11.5 Å². The number of benzene rings is 2. The van der Waals surface area contributed by atoms with Crippen molar-refractivity contribution in [2.75, 3.05) is 28.4 Å². The number of aldehydes is 1. The number of carbonyl (C=O) groups excluding carboxylic acids is 2. The summed E-state index contributed by atoms with van der Waals surface area (Å²) in [6.45, 7) is 0. The van der Waals surface area contributed by atoms with Crippen LogP contribution in [-0.2, 0) is 16.0 Å². The molecule has 0 saturated heterocycles. The largest absolute Gasteiger partial charge is 0.496 e. The monoisotopic (exact) mass is 409 g/mol. The standard InChI is InChI=1S/C23H23NO6/c1-27-20-7-5-6-19-18(20)9-14(12-24-19)8-17(23(26)30-4)16-11-22(29-3)21(28-2)10-15(16)13-25/h5-7,9-13,17H,8H2,1-4H3. The topological polar surface area (TPSA) is 84.0 Å². The number of pyridine rings is 1. The van der Waals surface area contributed by atoms with E-state index in [-0.39, 0.29) is 6.42 Å². The lowest BCUT2D eigenvalue weighted by Crippen LogP contribution is -2.19. The molecule has 1 aromatic heterocycles.